The van der Waals surface area contributed by atoms with E-state index in [1.54, 1.807) is 0 Å². The average Bonchev–Trinajstić information content (AvgIpc) is 2.34. The van der Waals surface area contributed by atoms with E-state index in [9.17, 15) is 0 Å². The fraction of sp³-hybridized carbons (Fsp3) is 0.571. The van der Waals surface area contributed by atoms with Gasteiger partial charge in [0.2, 0.25) is 0 Å². The Balaban J connectivity index is 2.23. The molecule has 0 spiro atoms. The number of alkyl halides is 1. The van der Waals surface area contributed by atoms with Gasteiger partial charge in [-0.3, -0.25) is 0 Å². The van der Waals surface area contributed by atoms with Gasteiger partial charge in [-0.25, -0.2) is 0 Å². The molecule has 0 bridgehead atoms. The summed E-state index contributed by atoms with van der Waals surface area (Å²) in [6.07, 6.45) is 0.675. The minimum Gasteiger partial charge on any atom is -0.345 e. The smallest absolute Gasteiger partial charge is 0.195 e. The number of ether oxygens (including phenoxy) is 2. The second kappa shape index (κ2) is 4.97. The van der Waals surface area contributed by atoms with Crippen LogP contribution in [0.3, 0.4) is 0 Å². The van der Waals surface area contributed by atoms with Crippen LogP contribution in [0, 0.1) is 5.41 Å². The van der Waals surface area contributed by atoms with Gasteiger partial charge in [0, 0.05) is 23.3 Å². The first-order valence-electron chi connectivity index (χ1n) is 5.97. The summed E-state index contributed by atoms with van der Waals surface area (Å²) in [4.78, 5) is 0. The van der Waals surface area contributed by atoms with Crippen LogP contribution in [-0.4, -0.2) is 19.1 Å². The molecule has 0 amide bonds. The topological polar surface area (TPSA) is 18.5 Å². The zero-order chi connectivity index (χ0) is 12.4. The van der Waals surface area contributed by atoms with Crippen molar-refractivity contribution in [2.75, 3.05) is 19.1 Å². The maximum atomic E-state index is 6.00. The van der Waals surface area contributed by atoms with E-state index in [1.807, 2.05) is 30.3 Å². The molecule has 17 heavy (non-hydrogen) atoms. The Hall–Kier alpha value is -0.570. The van der Waals surface area contributed by atoms with E-state index >= 15 is 0 Å². The summed E-state index contributed by atoms with van der Waals surface area (Å²) in [7, 11) is 0. The third kappa shape index (κ3) is 2.82. The van der Waals surface area contributed by atoms with Crippen molar-refractivity contribution in [2.24, 2.45) is 5.41 Å². The van der Waals surface area contributed by atoms with Crippen molar-refractivity contribution in [3.8, 4) is 0 Å². The molecule has 1 aromatic carbocycles. The van der Waals surface area contributed by atoms with Crippen molar-refractivity contribution in [2.45, 2.75) is 26.1 Å². The Kier molecular flexibility index (Phi) is 3.76. The van der Waals surface area contributed by atoms with E-state index in [1.165, 1.54) is 0 Å². The van der Waals surface area contributed by atoms with Gasteiger partial charge < -0.3 is 9.47 Å². The summed E-state index contributed by atoms with van der Waals surface area (Å²) in [5.41, 5.74) is 1.13. The molecule has 3 heteroatoms. The first kappa shape index (κ1) is 12.9. The standard InChI is InChI=1S/C14H19ClO2/c1-13(2)10-16-14(8-9-15,17-11-13)12-6-4-3-5-7-12/h3-7H,8-11H2,1-2H3. The molecule has 1 fully saturated rings. The highest BCUT2D eigenvalue weighted by molar-refractivity contribution is 6.17. The molecule has 1 aliphatic heterocycles. The van der Waals surface area contributed by atoms with Crippen molar-refractivity contribution in [1.29, 1.82) is 0 Å². The second-order valence-electron chi connectivity index (χ2n) is 5.30. The van der Waals surface area contributed by atoms with E-state index in [4.69, 9.17) is 21.1 Å². The van der Waals surface area contributed by atoms with Gasteiger partial charge in [-0.05, 0) is 0 Å². The Morgan fingerprint density at radius 1 is 1.12 bits per heavy atom. The summed E-state index contributed by atoms with van der Waals surface area (Å²) in [6, 6.07) is 10.1. The molecule has 0 aromatic heterocycles. The minimum absolute atomic E-state index is 0.0740. The first-order chi connectivity index (χ1) is 8.08. The largest absolute Gasteiger partial charge is 0.345 e. The monoisotopic (exact) mass is 254 g/mol. The lowest BCUT2D eigenvalue weighted by Crippen LogP contribution is -2.45. The van der Waals surface area contributed by atoms with E-state index in [0.717, 1.165) is 5.56 Å². The molecule has 2 nitrogen and oxygen atoms in total. The molecule has 94 valence electrons. The van der Waals surface area contributed by atoms with Crippen LogP contribution < -0.4 is 0 Å². The van der Waals surface area contributed by atoms with Crippen molar-refractivity contribution in [3.05, 3.63) is 35.9 Å². The third-order valence-corrected chi connectivity index (χ3v) is 3.22. The lowest BCUT2D eigenvalue weighted by molar-refractivity contribution is -0.308. The third-order valence-electron chi connectivity index (χ3n) is 3.03. The molecule has 0 aliphatic carbocycles. The zero-order valence-electron chi connectivity index (χ0n) is 10.4. The fourth-order valence-electron chi connectivity index (χ4n) is 1.98. The summed E-state index contributed by atoms with van der Waals surface area (Å²) in [5.74, 6) is -0.131. The molecule has 2 rings (SSSR count). The molecule has 0 unspecified atom stereocenters. The molecular formula is C14H19ClO2. The fourth-order valence-corrected chi connectivity index (χ4v) is 2.23. The number of hydrogen-bond donors (Lipinski definition) is 0. The summed E-state index contributed by atoms with van der Waals surface area (Å²) in [6.45, 7) is 5.67. The highest BCUT2D eigenvalue weighted by Gasteiger charge is 2.41. The molecule has 1 aliphatic rings. The van der Waals surface area contributed by atoms with Crippen molar-refractivity contribution < 1.29 is 9.47 Å². The van der Waals surface area contributed by atoms with Crippen LogP contribution in [0.15, 0.2) is 30.3 Å². The van der Waals surface area contributed by atoms with E-state index in [2.05, 4.69) is 13.8 Å². The molecule has 1 saturated heterocycles. The Morgan fingerprint density at radius 3 is 2.24 bits per heavy atom. The van der Waals surface area contributed by atoms with E-state index in [-0.39, 0.29) is 5.41 Å². The normalized spacial score (nSPS) is 22.3. The van der Waals surface area contributed by atoms with Crippen molar-refractivity contribution in [3.63, 3.8) is 0 Å². The van der Waals surface area contributed by atoms with Crippen LogP contribution in [-0.2, 0) is 15.3 Å². The Bertz CT molecular complexity index is 352. The highest BCUT2D eigenvalue weighted by atomic mass is 35.5. The summed E-state index contributed by atoms with van der Waals surface area (Å²) in [5, 5.41) is 0. The molecule has 1 aromatic rings. The summed E-state index contributed by atoms with van der Waals surface area (Å²) >= 11 is 5.89. The Morgan fingerprint density at radius 2 is 1.71 bits per heavy atom. The lowest BCUT2D eigenvalue weighted by Gasteiger charge is -2.43. The Labute approximate surface area is 108 Å². The van der Waals surface area contributed by atoms with Crippen LogP contribution in [0.2, 0.25) is 0 Å². The van der Waals surface area contributed by atoms with Gasteiger partial charge >= 0.3 is 0 Å². The number of benzene rings is 1. The first-order valence-corrected chi connectivity index (χ1v) is 6.51. The molecule has 0 radical (unpaired) electrons. The van der Waals surface area contributed by atoms with E-state index < -0.39 is 5.79 Å². The van der Waals surface area contributed by atoms with Gasteiger partial charge in [0.1, 0.15) is 0 Å². The molecule has 0 N–H and O–H groups in total. The predicted molar refractivity (Wildman–Crippen MR) is 69.1 cm³/mol. The highest BCUT2D eigenvalue weighted by Crippen LogP contribution is 2.39. The molecular weight excluding hydrogens is 236 g/mol. The maximum absolute atomic E-state index is 6.00. The number of halogens is 1. The maximum Gasteiger partial charge on any atom is 0.195 e. The van der Waals surface area contributed by atoms with Crippen LogP contribution in [0.5, 0.6) is 0 Å². The van der Waals surface area contributed by atoms with E-state index in [0.29, 0.717) is 25.5 Å². The van der Waals surface area contributed by atoms with Crippen LogP contribution in [0.25, 0.3) is 0 Å². The van der Waals surface area contributed by atoms with Crippen LogP contribution >= 0.6 is 11.6 Å². The minimum atomic E-state index is -0.654. The average molecular weight is 255 g/mol. The SMILES string of the molecule is CC1(C)COC(CCCl)(c2ccccc2)OC1. The quantitative estimate of drug-likeness (QED) is 0.768. The second-order valence-corrected chi connectivity index (χ2v) is 5.68. The zero-order valence-corrected chi connectivity index (χ0v) is 11.2. The van der Waals surface area contributed by atoms with Crippen molar-refractivity contribution in [1.82, 2.24) is 0 Å². The summed E-state index contributed by atoms with van der Waals surface area (Å²) < 4.78 is 12.0. The van der Waals surface area contributed by atoms with Crippen molar-refractivity contribution >= 4 is 11.6 Å². The van der Waals surface area contributed by atoms with Gasteiger partial charge in [0.25, 0.3) is 0 Å². The molecule has 0 saturated carbocycles. The lowest BCUT2D eigenvalue weighted by atomic mass is 9.92. The van der Waals surface area contributed by atoms with Gasteiger partial charge in [0.05, 0.1) is 13.2 Å². The molecule has 1 heterocycles. The van der Waals surface area contributed by atoms with Crippen LogP contribution in [0.1, 0.15) is 25.8 Å². The van der Waals surface area contributed by atoms with Crippen LogP contribution in [0.4, 0.5) is 0 Å². The number of rotatable bonds is 3. The molecule has 0 atom stereocenters. The van der Waals surface area contributed by atoms with Gasteiger partial charge in [0.15, 0.2) is 5.79 Å². The van der Waals surface area contributed by atoms with Gasteiger partial charge in [-0.2, -0.15) is 0 Å². The van der Waals surface area contributed by atoms with Gasteiger partial charge in [-0.1, -0.05) is 44.2 Å². The predicted octanol–water partition coefficient (Wildman–Crippen LogP) is 3.54. The van der Waals surface area contributed by atoms with Gasteiger partial charge in [-0.15, -0.1) is 11.6 Å². The number of hydrogen-bond acceptors (Lipinski definition) is 2.